The van der Waals surface area contributed by atoms with Crippen LogP contribution in [0.3, 0.4) is 0 Å². The SMILES string of the molecule is CCN(CC(C)C(=O)O)C(=O)C=Cc1ccc(O)cc1. The Hall–Kier alpha value is -2.30. The molecule has 0 aliphatic carbocycles. The first-order valence-corrected chi connectivity index (χ1v) is 6.42. The Morgan fingerprint density at radius 2 is 1.90 bits per heavy atom. The van der Waals surface area contributed by atoms with E-state index in [9.17, 15) is 9.59 Å². The number of hydrogen-bond acceptors (Lipinski definition) is 3. The largest absolute Gasteiger partial charge is 0.508 e. The number of aliphatic carboxylic acids is 1. The van der Waals surface area contributed by atoms with Crippen LogP contribution in [0.1, 0.15) is 19.4 Å². The molecule has 1 rings (SSSR count). The fraction of sp³-hybridized carbons (Fsp3) is 0.333. The topological polar surface area (TPSA) is 77.8 Å². The summed E-state index contributed by atoms with van der Waals surface area (Å²) in [4.78, 5) is 24.3. The molecule has 0 heterocycles. The maximum absolute atomic E-state index is 12.0. The van der Waals surface area contributed by atoms with Crippen molar-refractivity contribution in [2.45, 2.75) is 13.8 Å². The van der Waals surface area contributed by atoms with Gasteiger partial charge in [-0.3, -0.25) is 9.59 Å². The third-order valence-electron chi connectivity index (χ3n) is 2.92. The lowest BCUT2D eigenvalue weighted by Crippen LogP contribution is -2.35. The van der Waals surface area contributed by atoms with Crippen molar-refractivity contribution >= 4 is 18.0 Å². The number of amides is 1. The number of phenols is 1. The second-order valence-electron chi connectivity index (χ2n) is 4.54. The molecule has 20 heavy (non-hydrogen) atoms. The van der Waals surface area contributed by atoms with E-state index < -0.39 is 11.9 Å². The molecular formula is C15H19NO4. The molecule has 0 spiro atoms. The average molecular weight is 277 g/mol. The Kier molecular flexibility index (Phi) is 5.77. The van der Waals surface area contributed by atoms with Gasteiger partial charge in [0.05, 0.1) is 5.92 Å². The first-order chi connectivity index (χ1) is 9.43. The van der Waals surface area contributed by atoms with Gasteiger partial charge in [-0.1, -0.05) is 19.1 Å². The number of phenolic OH excluding ortho intramolecular Hbond substituents is 1. The van der Waals surface area contributed by atoms with E-state index in [0.717, 1.165) is 5.56 Å². The minimum atomic E-state index is -0.918. The summed E-state index contributed by atoms with van der Waals surface area (Å²) in [5.74, 6) is -1.58. The number of carboxylic acids is 1. The third-order valence-corrected chi connectivity index (χ3v) is 2.92. The molecule has 1 unspecified atom stereocenters. The number of carboxylic acid groups (broad SMARTS) is 1. The molecule has 1 atom stereocenters. The molecule has 0 fully saturated rings. The Morgan fingerprint density at radius 3 is 2.40 bits per heavy atom. The van der Waals surface area contributed by atoms with Crippen molar-refractivity contribution in [2.75, 3.05) is 13.1 Å². The predicted molar refractivity (Wildman–Crippen MR) is 76.2 cm³/mol. The lowest BCUT2D eigenvalue weighted by atomic mass is 10.1. The van der Waals surface area contributed by atoms with Gasteiger partial charge in [0.1, 0.15) is 5.75 Å². The first kappa shape index (κ1) is 15.8. The molecule has 0 saturated heterocycles. The van der Waals surface area contributed by atoms with Gasteiger partial charge in [-0.2, -0.15) is 0 Å². The highest BCUT2D eigenvalue weighted by Gasteiger charge is 2.17. The number of rotatable bonds is 6. The van der Waals surface area contributed by atoms with Crippen LogP contribution in [0.4, 0.5) is 0 Å². The zero-order valence-corrected chi connectivity index (χ0v) is 11.6. The second kappa shape index (κ2) is 7.33. The van der Waals surface area contributed by atoms with E-state index in [0.29, 0.717) is 6.54 Å². The maximum Gasteiger partial charge on any atom is 0.308 e. The first-order valence-electron chi connectivity index (χ1n) is 6.42. The molecule has 0 bridgehead atoms. The van der Waals surface area contributed by atoms with Crippen LogP contribution in [0.25, 0.3) is 6.08 Å². The number of carbonyl (C=O) groups is 2. The van der Waals surface area contributed by atoms with Gasteiger partial charge in [-0.25, -0.2) is 0 Å². The highest BCUT2D eigenvalue weighted by molar-refractivity contribution is 5.92. The molecule has 1 amide bonds. The second-order valence-corrected chi connectivity index (χ2v) is 4.54. The van der Waals surface area contributed by atoms with Crippen LogP contribution >= 0.6 is 0 Å². The molecule has 0 saturated carbocycles. The lowest BCUT2D eigenvalue weighted by Gasteiger charge is -2.21. The van der Waals surface area contributed by atoms with Crippen LogP contribution in [0.15, 0.2) is 30.3 Å². The average Bonchev–Trinajstić information content (AvgIpc) is 2.43. The Labute approximate surface area is 118 Å². The number of aromatic hydroxyl groups is 1. The van der Waals surface area contributed by atoms with Crippen molar-refractivity contribution in [3.8, 4) is 5.75 Å². The van der Waals surface area contributed by atoms with Crippen LogP contribution in [0.2, 0.25) is 0 Å². The molecule has 5 heteroatoms. The summed E-state index contributed by atoms with van der Waals surface area (Å²) in [6.07, 6.45) is 3.04. The molecule has 5 nitrogen and oxygen atoms in total. The number of carbonyl (C=O) groups excluding carboxylic acids is 1. The van der Waals surface area contributed by atoms with Crippen LogP contribution in [0.5, 0.6) is 5.75 Å². The normalized spacial score (nSPS) is 12.3. The summed E-state index contributed by atoms with van der Waals surface area (Å²) >= 11 is 0. The number of likely N-dealkylation sites (N-methyl/N-ethyl adjacent to an activating group) is 1. The van der Waals surface area contributed by atoms with E-state index in [2.05, 4.69) is 0 Å². The van der Waals surface area contributed by atoms with Crippen LogP contribution < -0.4 is 0 Å². The number of nitrogens with zero attached hydrogens (tertiary/aromatic N) is 1. The minimum Gasteiger partial charge on any atom is -0.508 e. The monoisotopic (exact) mass is 277 g/mol. The van der Waals surface area contributed by atoms with E-state index in [-0.39, 0.29) is 18.2 Å². The van der Waals surface area contributed by atoms with Crippen molar-refractivity contribution in [1.29, 1.82) is 0 Å². The standard InChI is InChI=1S/C15H19NO4/c1-3-16(10-11(2)15(19)20)14(18)9-6-12-4-7-13(17)8-5-12/h4-9,11,17H,3,10H2,1-2H3,(H,19,20). The van der Waals surface area contributed by atoms with Crippen LogP contribution in [0, 0.1) is 5.92 Å². The van der Waals surface area contributed by atoms with E-state index in [4.69, 9.17) is 10.2 Å². The Bertz CT molecular complexity index is 493. The van der Waals surface area contributed by atoms with Crippen molar-refractivity contribution in [2.24, 2.45) is 5.92 Å². The highest BCUT2D eigenvalue weighted by Crippen LogP contribution is 2.11. The molecule has 0 radical (unpaired) electrons. The van der Waals surface area contributed by atoms with Gasteiger partial charge in [0.25, 0.3) is 0 Å². The van der Waals surface area contributed by atoms with Gasteiger partial charge in [0.15, 0.2) is 0 Å². The molecule has 1 aromatic carbocycles. The summed E-state index contributed by atoms with van der Waals surface area (Å²) < 4.78 is 0. The number of benzene rings is 1. The van der Waals surface area contributed by atoms with E-state index >= 15 is 0 Å². The molecular weight excluding hydrogens is 258 g/mol. The molecule has 2 N–H and O–H groups in total. The predicted octanol–water partition coefficient (Wildman–Crippen LogP) is 1.97. The number of hydrogen-bond donors (Lipinski definition) is 2. The van der Waals surface area contributed by atoms with Gasteiger partial charge < -0.3 is 15.1 Å². The molecule has 0 aromatic heterocycles. The molecule has 0 aliphatic rings. The Morgan fingerprint density at radius 1 is 1.30 bits per heavy atom. The Balaban J connectivity index is 2.67. The molecule has 108 valence electrons. The molecule has 0 aliphatic heterocycles. The van der Waals surface area contributed by atoms with E-state index in [1.165, 1.54) is 23.1 Å². The van der Waals surface area contributed by atoms with Crippen molar-refractivity contribution in [3.63, 3.8) is 0 Å². The van der Waals surface area contributed by atoms with Gasteiger partial charge in [0, 0.05) is 19.2 Å². The van der Waals surface area contributed by atoms with Crippen LogP contribution in [-0.2, 0) is 9.59 Å². The zero-order valence-electron chi connectivity index (χ0n) is 11.6. The summed E-state index contributed by atoms with van der Waals surface area (Å²) in [5.41, 5.74) is 0.790. The fourth-order valence-corrected chi connectivity index (χ4v) is 1.64. The summed E-state index contributed by atoms with van der Waals surface area (Å²) in [6, 6.07) is 6.45. The molecule has 1 aromatic rings. The van der Waals surface area contributed by atoms with E-state index in [1.54, 1.807) is 32.1 Å². The van der Waals surface area contributed by atoms with Crippen molar-refractivity contribution in [3.05, 3.63) is 35.9 Å². The summed E-state index contributed by atoms with van der Waals surface area (Å²) in [5, 5.41) is 18.0. The minimum absolute atomic E-state index is 0.166. The van der Waals surface area contributed by atoms with Gasteiger partial charge in [0.2, 0.25) is 5.91 Å². The maximum atomic E-state index is 12.0. The van der Waals surface area contributed by atoms with Crippen molar-refractivity contribution < 1.29 is 19.8 Å². The highest BCUT2D eigenvalue weighted by atomic mass is 16.4. The zero-order chi connectivity index (χ0) is 15.1. The summed E-state index contributed by atoms with van der Waals surface area (Å²) in [7, 11) is 0. The smallest absolute Gasteiger partial charge is 0.308 e. The van der Waals surface area contributed by atoms with Gasteiger partial charge >= 0.3 is 5.97 Å². The summed E-state index contributed by atoms with van der Waals surface area (Å²) in [6.45, 7) is 4.02. The quantitative estimate of drug-likeness (QED) is 0.779. The van der Waals surface area contributed by atoms with Gasteiger partial charge in [-0.05, 0) is 30.7 Å². The van der Waals surface area contributed by atoms with Crippen LogP contribution in [-0.4, -0.2) is 40.1 Å². The van der Waals surface area contributed by atoms with Crippen molar-refractivity contribution in [1.82, 2.24) is 4.90 Å². The van der Waals surface area contributed by atoms with E-state index in [1.807, 2.05) is 0 Å². The third kappa shape index (κ3) is 4.76. The fourth-order valence-electron chi connectivity index (χ4n) is 1.64. The van der Waals surface area contributed by atoms with Gasteiger partial charge in [-0.15, -0.1) is 0 Å². The lowest BCUT2D eigenvalue weighted by molar-refractivity contribution is -0.142.